The van der Waals surface area contributed by atoms with E-state index in [-0.39, 0.29) is 12.2 Å². The second-order valence-corrected chi connectivity index (χ2v) is 7.70. The molecular weight excluding hydrogens is 332 g/mol. The fourth-order valence-corrected chi connectivity index (χ4v) is 3.67. The largest absolute Gasteiger partial charge is 0.373 e. The Kier molecular flexibility index (Phi) is 7.92. The molecule has 0 saturated carbocycles. The zero-order valence-corrected chi connectivity index (χ0v) is 17.0. The van der Waals surface area contributed by atoms with E-state index in [4.69, 9.17) is 9.47 Å². The Morgan fingerprint density at radius 1 is 0.741 bits per heavy atom. The average Bonchev–Trinajstić information content (AvgIpc) is 2.73. The van der Waals surface area contributed by atoms with Crippen LogP contribution in [0.2, 0.25) is 0 Å². The molecule has 0 unspecified atom stereocenters. The summed E-state index contributed by atoms with van der Waals surface area (Å²) < 4.78 is 12.0. The zero-order valence-electron chi connectivity index (χ0n) is 17.0. The van der Waals surface area contributed by atoms with E-state index in [1.165, 1.54) is 60.8 Å². The maximum Gasteiger partial charge on any atom is 0.106 e. The topological polar surface area (TPSA) is 18.5 Å². The molecule has 1 saturated heterocycles. The lowest BCUT2D eigenvalue weighted by Crippen LogP contribution is -2.31. The molecule has 2 nitrogen and oxygen atoms in total. The Hall–Kier alpha value is -1.64. The Labute approximate surface area is 164 Å². The first-order valence-electron chi connectivity index (χ1n) is 10.7. The molecule has 1 aliphatic rings. The predicted octanol–water partition coefficient (Wildman–Crippen LogP) is 6.73. The molecule has 0 N–H and O–H groups in total. The summed E-state index contributed by atoms with van der Waals surface area (Å²) in [4.78, 5) is 0. The van der Waals surface area contributed by atoms with E-state index >= 15 is 0 Å². The molecule has 27 heavy (non-hydrogen) atoms. The van der Waals surface area contributed by atoms with E-state index in [0.29, 0.717) is 13.2 Å². The van der Waals surface area contributed by atoms with Crippen LogP contribution in [0.25, 0.3) is 11.1 Å². The maximum atomic E-state index is 6.06. The second kappa shape index (κ2) is 10.6. The summed E-state index contributed by atoms with van der Waals surface area (Å²) >= 11 is 0. The third-order valence-electron chi connectivity index (χ3n) is 5.48. The van der Waals surface area contributed by atoms with Gasteiger partial charge in [0.25, 0.3) is 0 Å². The molecule has 146 valence electrons. The first-order chi connectivity index (χ1) is 13.3. The molecule has 0 radical (unpaired) electrons. The fraction of sp³-hybridized carbons (Fsp3) is 0.520. The highest BCUT2D eigenvalue weighted by atomic mass is 16.6. The van der Waals surface area contributed by atoms with Gasteiger partial charge in [-0.25, -0.2) is 0 Å². The number of hydrogen-bond acceptors (Lipinski definition) is 2. The van der Waals surface area contributed by atoms with Crippen molar-refractivity contribution < 1.29 is 9.47 Å². The molecule has 0 aromatic heterocycles. The van der Waals surface area contributed by atoms with Gasteiger partial charge in [-0.1, -0.05) is 88.1 Å². The summed E-state index contributed by atoms with van der Waals surface area (Å²) in [5.74, 6) is 0. The van der Waals surface area contributed by atoms with Crippen molar-refractivity contribution in [2.45, 2.75) is 71.0 Å². The van der Waals surface area contributed by atoms with Crippen molar-refractivity contribution in [1.82, 2.24) is 0 Å². The van der Waals surface area contributed by atoms with E-state index in [1.54, 1.807) is 0 Å². The Bertz CT molecular complexity index is 652. The van der Waals surface area contributed by atoms with E-state index < -0.39 is 0 Å². The van der Waals surface area contributed by atoms with Crippen molar-refractivity contribution >= 4 is 0 Å². The Morgan fingerprint density at radius 2 is 1.41 bits per heavy atom. The lowest BCUT2D eigenvalue weighted by atomic mass is 9.99. The summed E-state index contributed by atoms with van der Waals surface area (Å²) in [5, 5.41) is 0. The van der Waals surface area contributed by atoms with Gasteiger partial charge in [0.1, 0.15) is 6.10 Å². The fourth-order valence-electron chi connectivity index (χ4n) is 3.67. The highest BCUT2D eigenvalue weighted by Crippen LogP contribution is 2.27. The normalized spacial score (nSPS) is 19.9. The number of rotatable bonds is 9. The number of aryl methyl sites for hydroxylation is 1. The number of unbranched alkanes of at least 4 members (excludes halogenated alkanes) is 3. The van der Waals surface area contributed by atoms with Gasteiger partial charge in [0.2, 0.25) is 0 Å². The lowest BCUT2D eigenvalue weighted by molar-refractivity contribution is -0.137. The van der Waals surface area contributed by atoms with Crippen LogP contribution in [0.4, 0.5) is 0 Å². The van der Waals surface area contributed by atoms with Gasteiger partial charge in [-0.3, -0.25) is 0 Å². The highest BCUT2D eigenvalue weighted by molar-refractivity contribution is 5.64. The minimum atomic E-state index is 0.0675. The number of benzene rings is 2. The van der Waals surface area contributed by atoms with E-state index in [2.05, 4.69) is 62.4 Å². The first-order valence-corrected chi connectivity index (χ1v) is 10.7. The van der Waals surface area contributed by atoms with E-state index in [1.807, 2.05) is 0 Å². The van der Waals surface area contributed by atoms with Crippen LogP contribution in [0, 0.1) is 0 Å². The maximum absolute atomic E-state index is 6.06. The smallest absolute Gasteiger partial charge is 0.106 e. The van der Waals surface area contributed by atoms with Gasteiger partial charge in [0, 0.05) is 0 Å². The summed E-state index contributed by atoms with van der Waals surface area (Å²) in [6.45, 7) is 5.85. The molecule has 2 aromatic rings. The lowest BCUT2D eigenvalue weighted by Gasteiger charge is -2.30. The molecule has 0 spiro atoms. The molecule has 3 rings (SSSR count). The van der Waals surface area contributed by atoms with Crippen LogP contribution in [0.1, 0.15) is 69.6 Å². The molecule has 2 aromatic carbocycles. The molecule has 0 amide bonds. The summed E-state index contributed by atoms with van der Waals surface area (Å²) in [5.41, 5.74) is 5.19. The predicted molar refractivity (Wildman–Crippen MR) is 113 cm³/mol. The minimum absolute atomic E-state index is 0.0675. The minimum Gasteiger partial charge on any atom is -0.373 e. The van der Waals surface area contributed by atoms with Crippen LogP contribution in [0.5, 0.6) is 0 Å². The Morgan fingerprint density at radius 3 is 2.00 bits per heavy atom. The van der Waals surface area contributed by atoms with Gasteiger partial charge in [-0.2, -0.15) is 0 Å². The van der Waals surface area contributed by atoms with Gasteiger partial charge in [-0.15, -0.1) is 0 Å². The molecule has 1 aliphatic heterocycles. The van der Waals surface area contributed by atoms with Gasteiger partial charge in [0.05, 0.1) is 19.3 Å². The second-order valence-electron chi connectivity index (χ2n) is 7.70. The molecule has 1 fully saturated rings. The van der Waals surface area contributed by atoms with Crippen LogP contribution in [0.15, 0.2) is 48.5 Å². The third kappa shape index (κ3) is 5.92. The molecule has 2 heteroatoms. The van der Waals surface area contributed by atoms with Gasteiger partial charge in [0.15, 0.2) is 0 Å². The van der Waals surface area contributed by atoms with Crippen LogP contribution in [0.3, 0.4) is 0 Å². The van der Waals surface area contributed by atoms with Crippen molar-refractivity contribution in [1.29, 1.82) is 0 Å². The molecule has 1 heterocycles. The van der Waals surface area contributed by atoms with Crippen LogP contribution in [-0.4, -0.2) is 19.3 Å². The van der Waals surface area contributed by atoms with Crippen molar-refractivity contribution in [2.75, 3.05) is 13.2 Å². The monoisotopic (exact) mass is 366 g/mol. The molecular formula is C25H34O2. The van der Waals surface area contributed by atoms with Crippen LogP contribution in [-0.2, 0) is 15.9 Å². The van der Waals surface area contributed by atoms with Crippen molar-refractivity contribution in [3.63, 3.8) is 0 Å². The van der Waals surface area contributed by atoms with Crippen molar-refractivity contribution in [2.24, 2.45) is 0 Å². The van der Waals surface area contributed by atoms with Gasteiger partial charge >= 0.3 is 0 Å². The average molecular weight is 367 g/mol. The van der Waals surface area contributed by atoms with E-state index in [9.17, 15) is 0 Å². The Balaban J connectivity index is 1.54. The molecule has 2 atom stereocenters. The van der Waals surface area contributed by atoms with Crippen molar-refractivity contribution in [3.8, 4) is 11.1 Å². The van der Waals surface area contributed by atoms with Gasteiger partial charge in [-0.05, 0) is 41.5 Å². The molecule has 0 aliphatic carbocycles. The first kappa shape index (κ1) is 20.1. The van der Waals surface area contributed by atoms with Crippen molar-refractivity contribution in [3.05, 3.63) is 59.7 Å². The zero-order chi connectivity index (χ0) is 18.9. The van der Waals surface area contributed by atoms with Crippen LogP contribution < -0.4 is 0 Å². The summed E-state index contributed by atoms with van der Waals surface area (Å²) in [7, 11) is 0. The SMILES string of the molecule is CCCCCc1ccc(-c2ccc([C@H]3CO[C@H](CCCC)CO3)cc2)cc1. The van der Waals surface area contributed by atoms with E-state index in [0.717, 1.165) is 6.42 Å². The molecule has 0 bridgehead atoms. The highest BCUT2D eigenvalue weighted by Gasteiger charge is 2.23. The van der Waals surface area contributed by atoms with Gasteiger partial charge < -0.3 is 9.47 Å². The summed E-state index contributed by atoms with van der Waals surface area (Å²) in [6, 6.07) is 17.8. The number of hydrogen-bond donors (Lipinski definition) is 0. The summed E-state index contributed by atoms with van der Waals surface area (Å²) in [6.07, 6.45) is 8.94. The standard InChI is InChI=1S/C25H34O2/c1-3-5-7-8-20-10-12-21(13-11-20)22-14-16-23(17-15-22)25-19-26-24(18-27-25)9-6-4-2/h10-17,24-25H,3-9,18-19H2,1-2H3/t24-,25-/m1/s1. The van der Waals surface area contributed by atoms with Crippen LogP contribution >= 0.6 is 0 Å². The quantitative estimate of drug-likeness (QED) is 0.458. The third-order valence-corrected chi connectivity index (χ3v) is 5.48. The number of ether oxygens (including phenoxy) is 2.